The van der Waals surface area contributed by atoms with E-state index in [1.54, 1.807) is 0 Å². The maximum Gasteiger partial charge on any atom is 0.306 e. The highest BCUT2D eigenvalue weighted by molar-refractivity contribution is 5.70. The molecule has 0 aromatic heterocycles. The highest BCUT2D eigenvalue weighted by atomic mass is 16.5. The van der Waals surface area contributed by atoms with Gasteiger partial charge in [-0.1, -0.05) is 71.1 Å². The molecular weight excluding hydrogens is 402 g/mol. The number of ether oxygens (including phenoxy) is 2. The van der Waals surface area contributed by atoms with Crippen LogP contribution in [0.5, 0.6) is 0 Å². The Labute approximate surface area is 197 Å². The summed E-state index contributed by atoms with van der Waals surface area (Å²) in [5.41, 5.74) is 0. The maximum atomic E-state index is 12.5. The summed E-state index contributed by atoms with van der Waals surface area (Å²) in [5.74, 6) is 0.408. The van der Waals surface area contributed by atoms with Crippen molar-refractivity contribution in [1.29, 1.82) is 0 Å². The summed E-state index contributed by atoms with van der Waals surface area (Å²) >= 11 is 0. The summed E-state index contributed by atoms with van der Waals surface area (Å²) in [4.78, 5) is 23.7. The lowest BCUT2D eigenvalue weighted by molar-refractivity contribution is -0.151. The Hall–Kier alpha value is -1.10. The van der Waals surface area contributed by atoms with E-state index in [2.05, 4.69) is 17.0 Å². The fourth-order valence-electron chi connectivity index (χ4n) is 4.60. The highest BCUT2D eigenvalue weighted by Crippen LogP contribution is 2.21. The van der Waals surface area contributed by atoms with Crippen LogP contribution in [-0.2, 0) is 19.1 Å². The lowest BCUT2D eigenvalue weighted by Gasteiger charge is -2.23. The maximum absolute atomic E-state index is 12.5. The normalized spacial score (nSPS) is 15.4. The monoisotopic (exact) mass is 453 g/mol. The number of nitrogens with one attached hydrogen (secondary N) is 1. The number of piperidine rings is 1. The Morgan fingerprint density at radius 1 is 0.781 bits per heavy atom. The molecule has 32 heavy (non-hydrogen) atoms. The molecule has 1 aliphatic rings. The van der Waals surface area contributed by atoms with E-state index in [1.807, 2.05) is 0 Å². The second-order valence-electron chi connectivity index (χ2n) is 9.66. The standard InChI is InChI=1S/C27H51NO4/c1-3-4-5-6-7-10-13-16-25(32-27(30)23-24-19-21-28-22-20-24)17-14-11-8-9-12-15-18-26(29)31-2/h24-25,28H,3-23H2,1-2H3. The average Bonchev–Trinajstić information content (AvgIpc) is 2.80. The predicted molar refractivity (Wildman–Crippen MR) is 132 cm³/mol. The van der Waals surface area contributed by atoms with E-state index in [4.69, 9.17) is 4.74 Å². The smallest absolute Gasteiger partial charge is 0.306 e. The summed E-state index contributed by atoms with van der Waals surface area (Å²) in [6.45, 7) is 4.31. The number of hydrogen-bond acceptors (Lipinski definition) is 5. The van der Waals surface area contributed by atoms with E-state index >= 15 is 0 Å². The van der Waals surface area contributed by atoms with Crippen molar-refractivity contribution in [3.63, 3.8) is 0 Å². The minimum atomic E-state index is -0.107. The SMILES string of the molecule is CCCCCCCCCC(CCCCCCCCC(=O)OC)OC(=O)CC1CCNCC1. The second-order valence-corrected chi connectivity index (χ2v) is 9.66. The molecule has 0 bridgehead atoms. The summed E-state index contributed by atoms with van der Waals surface area (Å²) in [6, 6.07) is 0. The van der Waals surface area contributed by atoms with Crippen LogP contribution in [0.4, 0.5) is 0 Å². The van der Waals surface area contributed by atoms with Crippen molar-refractivity contribution >= 4 is 11.9 Å². The predicted octanol–water partition coefficient (Wildman–Crippen LogP) is 6.72. The quantitative estimate of drug-likeness (QED) is 0.164. The van der Waals surface area contributed by atoms with Crippen LogP contribution in [0, 0.1) is 5.92 Å². The van der Waals surface area contributed by atoms with Crippen LogP contribution in [0.1, 0.15) is 129 Å². The molecule has 0 aromatic rings. The molecule has 1 aliphatic heterocycles. The van der Waals surface area contributed by atoms with Crippen LogP contribution in [0.15, 0.2) is 0 Å². The van der Waals surface area contributed by atoms with Crippen molar-refractivity contribution in [2.45, 2.75) is 135 Å². The van der Waals surface area contributed by atoms with Gasteiger partial charge in [0.1, 0.15) is 6.10 Å². The molecule has 188 valence electrons. The Balaban J connectivity index is 2.22. The van der Waals surface area contributed by atoms with Crippen LogP contribution in [0.25, 0.3) is 0 Å². The lowest BCUT2D eigenvalue weighted by atomic mass is 9.95. The molecule has 5 nitrogen and oxygen atoms in total. The van der Waals surface area contributed by atoms with Gasteiger partial charge >= 0.3 is 11.9 Å². The topological polar surface area (TPSA) is 64.6 Å². The molecule has 1 heterocycles. The average molecular weight is 454 g/mol. The van der Waals surface area contributed by atoms with Gasteiger partial charge in [-0.3, -0.25) is 9.59 Å². The first-order chi connectivity index (χ1) is 15.7. The third-order valence-corrected chi connectivity index (χ3v) is 6.73. The van der Waals surface area contributed by atoms with Crippen LogP contribution < -0.4 is 5.32 Å². The molecule has 0 radical (unpaired) electrons. The van der Waals surface area contributed by atoms with Gasteiger partial charge in [0.25, 0.3) is 0 Å². The number of carbonyl (C=O) groups excluding carboxylic acids is 2. The minimum Gasteiger partial charge on any atom is -0.469 e. The van der Waals surface area contributed by atoms with Crippen molar-refractivity contribution < 1.29 is 19.1 Å². The molecule has 0 amide bonds. The van der Waals surface area contributed by atoms with Gasteiger partial charge in [0.15, 0.2) is 0 Å². The van der Waals surface area contributed by atoms with Gasteiger partial charge in [-0.05, 0) is 64.0 Å². The zero-order valence-electron chi connectivity index (χ0n) is 21.1. The third-order valence-electron chi connectivity index (χ3n) is 6.73. The van der Waals surface area contributed by atoms with Gasteiger partial charge in [0.2, 0.25) is 0 Å². The van der Waals surface area contributed by atoms with E-state index in [9.17, 15) is 9.59 Å². The van der Waals surface area contributed by atoms with Crippen molar-refractivity contribution in [2.75, 3.05) is 20.2 Å². The first-order valence-electron chi connectivity index (χ1n) is 13.6. The van der Waals surface area contributed by atoms with Crippen molar-refractivity contribution in [3.05, 3.63) is 0 Å². The van der Waals surface area contributed by atoms with E-state index in [1.165, 1.54) is 64.9 Å². The van der Waals surface area contributed by atoms with Crippen LogP contribution >= 0.6 is 0 Å². The zero-order chi connectivity index (χ0) is 23.3. The number of hydrogen-bond donors (Lipinski definition) is 1. The van der Waals surface area contributed by atoms with Crippen LogP contribution in [-0.4, -0.2) is 38.2 Å². The highest BCUT2D eigenvalue weighted by Gasteiger charge is 2.20. The fourth-order valence-corrected chi connectivity index (χ4v) is 4.60. The molecule has 0 aliphatic carbocycles. The van der Waals surface area contributed by atoms with E-state index in [0.717, 1.165) is 64.5 Å². The number of unbranched alkanes of at least 4 members (excludes halogenated alkanes) is 11. The van der Waals surface area contributed by atoms with Crippen LogP contribution in [0.3, 0.4) is 0 Å². The van der Waals surface area contributed by atoms with Gasteiger partial charge < -0.3 is 14.8 Å². The molecule has 1 N–H and O–H groups in total. The van der Waals surface area contributed by atoms with Gasteiger partial charge in [0.05, 0.1) is 7.11 Å². The number of carbonyl (C=O) groups is 2. The van der Waals surface area contributed by atoms with Crippen molar-refractivity contribution in [1.82, 2.24) is 5.32 Å². The molecule has 5 heteroatoms. The van der Waals surface area contributed by atoms with Crippen LogP contribution in [0.2, 0.25) is 0 Å². The summed E-state index contributed by atoms with van der Waals surface area (Å²) in [7, 11) is 1.45. The summed E-state index contributed by atoms with van der Waals surface area (Å²) in [6.07, 6.45) is 21.1. The Morgan fingerprint density at radius 2 is 1.31 bits per heavy atom. The molecule has 1 atom stereocenters. The lowest BCUT2D eigenvalue weighted by Crippen LogP contribution is -2.30. The van der Waals surface area contributed by atoms with Gasteiger partial charge in [-0.15, -0.1) is 0 Å². The van der Waals surface area contributed by atoms with Crippen molar-refractivity contribution in [2.24, 2.45) is 5.92 Å². The molecule has 1 unspecified atom stereocenters. The number of rotatable bonds is 20. The van der Waals surface area contributed by atoms with Gasteiger partial charge in [0, 0.05) is 12.8 Å². The van der Waals surface area contributed by atoms with E-state index in [0.29, 0.717) is 18.8 Å². The number of esters is 2. The summed E-state index contributed by atoms with van der Waals surface area (Å²) in [5, 5.41) is 3.37. The third kappa shape index (κ3) is 16.5. The molecule has 1 rings (SSSR count). The molecule has 1 saturated heterocycles. The van der Waals surface area contributed by atoms with E-state index in [-0.39, 0.29) is 18.0 Å². The largest absolute Gasteiger partial charge is 0.469 e. The Morgan fingerprint density at radius 3 is 1.88 bits per heavy atom. The fraction of sp³-hybridized carbons (Fsp3) is 0.926. The first-order valence-corrected chi connectivity index (χ1v) is 13.6. The summed E-state index contributed by atoms with van der Waals surface area (Å²) < 4.78 is 10.7. The Bertz CT molecular complexity index is 463. The molecule has 0 spiro atoms. The number of methoxy groups -OCH3 is 1. The minimum absolute atomic E-state index is 0.0210. The molecule has 0 aromatic carbocycles. The van der Waals surface area contributed by atoms with Gasteiger partial charge in [-0.2, -0.15) is 0 Å². The molecule has 0 saturated carbocycles. The zero-order valence-corrected chi connectivity index (χ0v) is 21.1. The van der Waals surface area contributed by atoms with E-state index < -0.39 is 0 Å². The molecular formula is C27H51NO4. The molecule has 1 fully saturated rings. The Kier molecular flexibility index (Phi) is 18.5. The first kappa shape index (κ1) is 28.9. The second kappa shape index (κ2) is 20.5. The van der Waals surface area contributed by atoms with Gasteiger partial charge in [-0.25, -0.2) is 0 Å². The van der Waals surface area contributed by atoms with Crippen molar-refractivity contribution in [3.8, 4) is 0 Å².